The zero-order chi connectivity index (χ0) is 13.1. The summed E-state index contributed by atoms with van der Waals surface area (Å²) in [4.78, 5) is 4.33. The molecule has 0 radical (unpaired) electrons. The van der Waals surface area contributed by atoms with E-state index in [1.54, 1.807) is 18.3 Å². The van der Waals surface area contributed by atoms with Crippen LogP contribution >= 0.6 is 23.2 Å². The number of aryl methyl sites for hydroxylation is 1. The second-order valence-corrected chi connectivity index (χ2v) is 5.10. The monoisotopic (exact) mass is 280 g/mol. The Labute approximate surface area is 117 Å². The average molecular weight is 281 g/mol. The molecule has 2 rings (SSSR count). The van der Waals surface area contributed by atoms with Crippen LogP contribution in [-0.4, -0.2) is 4.98 Å². The maximum atomic E-state index is 6.18. The van der Waals surface area contributed by atoms with Crippen LogP contribution in [0.15, 0.2) is 36.5 Å². The summed E-state index contributed by atoms with van der Waals surface area (Å²) in [7, 11) is 0. The highest BCUT2D eigenvalue weighted by molar-refractivity contribution is 6.33. The van der Waals surface area contributed by atoms with Gasteiger partial charge in [0.2, 0.25) is 0 Å². The van der Waals surface area contributed by atoms with Crippen molar-refractivity contribution < 1.29 is 0 Å². The van der Waals surface area contributed by atoms with Crippen LogP contribution in [0, 0.1) is 6.92 Å². The molecule has 1 aromatic carbocycles. The minimum absolute atomic E-state index is 0.179. The van der Waals surface area contributed by atoms with Crippen molar-refractivity contribution in [3.63, 3.8) is 0 Å². The molecule has 0 aliphatic rings. The first-order chi connectivity index (χ1) is 8.58. The predicted octanol–water partition coefficient (Wildman–Crippen LogP) is 3.94. The number of rotatable bonds is 3. The lowest BCUT2D eigenvalue weighted by atomic mass is 10.0. The zero-order valence-electron chi connectivity index (χ0n) is 10.0. The topological polar surface area (TPSA) is 38.9 Å². The third kappa shape index (κ3) is 3.02. The molecule has 2 aromatic rings. The van der Waals surface area contributed by atoms with Gasteiger partial charge in [-0.3, -0.25) is 4.98 Å². The quantitative estimate of drug-likeness (QED) is 0.925. The van der Waals surface area contributed by atoms with Gasteiger partial charge in [-0.25, -0.2) is 0 Å². The third-order valence-electron chi connectivity index (χ3n) is 2.85. The zero-order valence-corrected chi connectivity index (χ0v) is 11.5. The minimum Gasteiger partial charge on any atom is -0.322 e. The number of hydrogen-bond donors (Lipinski definition) is 1. The lowest BCUT2D eigenvalue weighted by Gasteiger charge is -2.14. The largest absolute Gasteiger partial charge is 0.322 e. The first-order valence-corrected chi connectivity index (χ1v) is 6.44. The summed E-state index contributed by atoms with van der Waals surface area (Å²) in [5, 5.41) is 1.35. The Hall–Kier alpha value is -1.09. The highest BCUT2D eigenvalue weighted by Crippen LogP contribution is 2.25. The molecule has 0 saturated heterocycles. The molecule has 0 fully saturated rings. The van der Waals surface area contributed by atoms with Gasteiger partial charge >= 0.3 is 0 Å². The fourth-order valence-electron chi connectivity index (χ4n) is 1.92. The second-order valence-electron chi connectivity index (χ2n) is 4.25. The summed E-state index contributed by atoms with van der Waals surface area (Å²) in [6.07, 6.45) is 2.37. The summed E-state index contributed by atoms with van der Waals surface area (Å²) in [5.41, 5.74) is 9.11. The van der Waals surface area contributed by atoms with Gasteiger partial charge in [0, 0.05) is 16.2 Å². The van der Waals surface area contributed by atoms with Crippen LogP contribution in [0.5, 0.6) is 0 Å². The van der Waals surface area contributed by atoms with Gasteiger partial charge in [-0.05, 0) is 48.7 Å². The average Bonchev–Trinajstić information content (AvgIpc) is 2.34. The van der Waals surface area contributed by atoms with Gasteiger partial charge in [0.15, 0.2) is 0 Å². The van der Waals surface area contributed by atoms with Crippen LogP contribution in [0.3, 0.4) is 0 Å². The molecule has 0 aliphatic carbocycles. The van der Waals surface area contributed by atoms with E-state index in [-0.39, 0.29) is 6.04 Å². The second kappa shape index (κ2) is 5.70. The smallest absolute Gasteiger partial charge is 0.0603 e. The predicted molar refractivity (Wildman–Crippen MR) is 76.1 cm³/mol. The Bertz CT molecular complexity index is 555. The molecule has 2 nitrogen and oxygen atoms in total. The number of aromatic nitrogens is 1. The van der Waals surface area contributed by atoms with E-state index in [2.05, 4.69) is 4.98 Å². The molecule has 18 heavy (non-hydrogen) atoms. The number of hydrogen-bond acceptors (Lipinski definition) is 2. The highest BCUT2D eigenvalue weighted by atomic mass is 35.5. The van der Waals surface area contributed by atoms with E-state index in [1.807, 2.05) is 25.1 Å². The number of benzene rings is 1. The Kier molecular flexibility index (Phi) is 4.23. The van der Waals surface area contributed by atoms with Crippen LogP contribution in [0.1, 0.15) is 22.9 Å². The Morgan fingerprint density at radius 1 is 1.28 bits per heavy atom. The molecule has 1 atom stereocenters. The Morgan fingerprint density at radius 2 is 2.06 bits per heavy atom. The van der Waals surface area contributed by atoms with Crippen molar-refractivity contribution in [1.29, 1.82) is 0 Å². The molecule has 0 aliphatic heterocycles. The van der Waals surface area contributed by atoms with Gasteiger partial charge in [0.05, 0.1) is 11.7 Å². The Morgan fingerprint density at radius 3 is 2.78 bits per heavy atom. The summed E-state index contributed by atoms with van der Waals surface area (Å²) < 4.78 is 0. The van der Waals surface area contributed by atoms with Crippen molar-refractivity contribution in [2.24, 2.45) is 5.73 Å². The molecule has 0 bridgehead atoms. The van der Waals surface area contributed by atoms with Crippen molar-refractivity contribution in [1.82, 2.24) is 4.98 Å². The van der Waals surface area contributed by atoms with Gasteiger partial charge in [-0.15, -0.1) is 0 Å². The molecule has 2 N–H and O–H groups in total. The number of pyridine rings is 1. The van der Waals surface area contributed by atoms with Gasteiger partial charge < -0.3 is 5.73 Å². The molecule has 0 spiro atoms. The van der Waals surface area contributed by atoms with E-state index in [0.29, 0.717) is 16.5 Å². The van der Waals surface area contributed by atoms with Crippen molar-refractivity contribution in [3.05, 3.63) is 63.4 Å². The fourth-order valence-corrected chi connectivity index (χ4v) is 2.31. The standard InChI is InChI=1S/C14H14Cl2N2/c1-9-3-2-6-18-14(9)13(17)8-10-7-11(15)4-5-12(10)16/h2-7,13H,8,17H2,1H3. The molecule has 0 saturated carbocycles. The van der Waals surface area contributed by atoms with Crippen LogP contribution in [0.25, 0.3) is 0 Å². The first-order valence-electron chi connectivity index (χ1n) is 5.69. The summed E-state index contributed by atoms with van der Waals surface area (Å²) in [6, 6.07) is 9.13. The Balaban J connectivity index is 2.24. The van der Waals surface area contributed by atoms with E-state index >= 15 is 0 Å². The van der Waals surface area contributed by atoms with E-state index in [1.165, 1.54) is 0 Å². The van der Waals surface area contributed by atoms with Crippen molar-refractivity contribution >= 4 is 23.2 Å². The summed E-state index contributed by atoms with van der Waals surface area (Å²) >= 11 is 12.1. The van der Waals surface area contributed by atoms with E-state index < -0.39 is 0 Å². The van der Waals surface area contributed by atoms with Crippen molar-refractivity contribution in [2.75, 3.05) is 0 Å². The molecular weight excluding hydrogens is 267 g/mol. The molecule has 1 unspecified atom stereocenters. The maximum Gasteiger partial charge on any atom is 0.0603 e. The number of nitrogens with zero attached hydrogens (tertiary/aromatic N) is 1. The van der Waals surface area contributed by atoms with Crippen LogP contribution in [-0.2, 0) is 6.42 Å². The normalized spacial score (nSPS) is 12.4. The van der Waals surface area contributed by atoms with Gasteiger partial charge in [0.25, 0.3) is 0 Å². The molecule has 1 heterocycles. The SMILES string of the molecule is Cc1cccnc1C(N)Cc1cc(Cl)ccc1Cl. The van der Waals surface area contributed by atoms with Gasteiger partial charge in [-0.2, -0.15) is 0 Å². The molecule has 0 amide bonds. The molecule has 1 aromatic heterocycles. The first kappa shape index (κ1) is 13.3. The molecule has 94 valence electrons. The van der Waals surface area contributed by atoms with Gasteiger partial charge in [0.1, 0.15) is 0 Å². The van der Waals surface area contributed by atoms with Crippen LogP contribution in [0.2, 0.25) is 10.0 Å². The fraction of sp³-hybridized carbons (Fsp3) is 0.214. The van der Waals surface area contributed by atoms with E-state index in [9.17, 15) is 0 Å². The van der Waals surface area contributed by atoms with Crippen molar-refractivity contribution in [2.45, 2.75) is 19.4 Å². The molecular formula is C14H14Cl2N2. The van der Waals surface area contributed by atoms with Crippen LogP contribution in [0.4, 0.5) is 0 Å². The summed E-state index contributed by atoms with van der Waals surface area (Å²) in [5.74, 6) is 0. The van der Waals surface area contributed by atoms with Crippen LogP contribution < -0.4 is 5.73 Å². The number of nitrogens with two attached hydrogens (primary N) is 1. The third-order valence-corrected chi connectivity index (χ3v) is 3.45. The minimum atomic E-state index is -0.179. The highest BCUT2D eigenvalue weighted by Gasteiger charge is 2.13. The number of halogens is 2. The van der Waals surface area contributed by atoms with Crippen molar-refractivity contribution in [3.8, 4) is 0 Å². The molecule has 4 heteroatoms. The lowest BCUT2D eigenvalue weighted by Crippen LogP contribution is -2.16. The van der Waals surface area contributed by atoms with E-state index in [4.69, 9.17) is 28.9 Å². The maximum absolute atomic E-state index is 6.18. The summed E-state index contributed by atoms with van der Waals surface area (Å²) in [6.45, 7) is 2.00. The van der Waals surface area contributed by atoms with Gasteiger partial charge in [-0.1, -0.05) is 29.3 Å². The lowest BCUT2D eigenvalue weighted by molar-refractivity contribution is 0.690. The van der Waals surface area contributed by atoms with E-state index in [0.717, 1.165) is 16.8 Å².